The molecule has 138 valence electrons. The Hall–Kier alpha value is 0.270. The van der Waals surface area contributed by atoms with Gasteiger partial charge in [-0.25, -0.2) is 0 Å². The number of rotatable bonds is 9. The molecule has 0 aromatic rings. The molecule has 3 unspecified atom stereocenters. The van der Waals surface area contributed by atoms with Gasteiger partial charge in [-0.1, -0.05) is 13.8 Å². The highest BCUT2D eigenvalue weighted by molar-refractivity contribution is 14.0. The van der Waals surface area contributed by atoms with Crippen molar-refractivity contribution < 1.29 is 9.84 Å². The van der Waals surface area contributed by atoms with E-state index in [4.69, 9.17) is 4.74 Å². The zero-order valence-electron chi connectivity index (χ0n) is 14.9. The fourth-order valence-electron chi connectivity index (χ4n) is 2.49. The van der Waals surface area contributed by atoms with Crippen molar-refractivity contribution in [3.63, 3.8) is 0 Å². The molecule has 1 rings (SSSR count). The van der Waals surface area contributed by atoms with Crippen LogP contribution < -0.4 is 10.6 Å². The fraction of sp³-hybridized carbons (Fsp3) is 0.938. The number of guanidine groups is 1. The Labute approximate surface area is 162 Å². The molecule has 0 aromatic heterocycles. The summed E-state index contributed by atoms with van der Waals surface area (Å²) in [6, 6.07) is 0.490. The molecule has 0 spiro atoms. The molecule has 1 aliphatic rings. The zero-order chi connectivity index (χ0) is 16.4. The molecule has 1 saturated carbocycles. The van der Waals surface area contributed by atoms with Crippen LogP contribution in [0, 0.1) is 5.92 Å². The minimum atomic E-state index is -0.545. The molecule has 0 bridgehead atoms. The van der Waals surface area contributed by atoms with E-state index in [1.165, 1.54) is 19.3 Å². The van der Waals surface area contributed by atoms with Crippen molar-refractivity contribution in [2.75, 3.05) is 32.6 Å². The SMILES string of the molecule is CCNC(=NCC(O)COCC(C)C)NC1CCC(SC)C1.I. The lowest BCUT2D eigenvalue weighted by atomic mass is 10.2. The third-order valence-electron chi connectivity index (χ3n) is 3.62. The Morgan fingerprint density at radius 1 is 1.35 bits per heavy atom. The van der Waals surface area contributed by atoms with Crippen LogP contribution in [-0.2, 0) is 4.74 Å². The zero-order valence-corrected chi connectivity index (χ0v) is 18.0. The standard InChI is InChI=1S/C16H33N3O2S.HI/c1-5-17-16(19-13-6-7-15(8-13)22-4)18-9-14(20)11-21-10-12(2)3;/h12-15,20H,5-11H2,1-4H3,(H2,17,18,19);1H. The van der Waals surface area contributed by atoms with Gasteiger partial charge in [0, 0.05) is 24.4 Å². The highest BCUT2D eigenvalue weighted by atomic mass is 127. The van der Waals surface area contributed by atoms with Gasteiger partial charge in [0.1, 0.15) is 0 Å². The third-order valence-corrected chi connectivity index (χ3v) is 4.72. The van der Waals surface area contributed by atoms with Crippen LogP contribution in [0.25, 0.3) is 0 Å². The maximum Gasteiger partial charge on any atom is 0.191 e. The lowest BCUT2D eigenvalue weighted by Gasteiger charge is -2.18. The summed E-state index contributed by atoms with van der Waals surface area (Å²) in [4.78, 5) is 4.48. The number of halogens is 1. The molecule has 23 heavy (non-hydrogen) atoms. The van der Waals surface area contributed by atoms with Gasteiger partial charge in [-0.2, -0.15) is 11.8 Å². The average Bonchev–Trinajstić information content (AvgIpc) is 2.92. The van der Waals surface area contributed by atoms with E-state index in [9.17, 15) is 5.11 Å². The topological polar surface area (TPSA) is 65.9 Å². The van der Waals surface area contributed by atoms with E-state index in [2.05, 4.69) is 42.7 Å². The minimum Gasteiger partial charge on any atom is -0.389 e. The van der Waals surface area contributed by atoms with E-state index in [0.29, 0.717) is 31.7 Å². The Morgan fingerprint density at radius 2 is 2.09 bits per heavy atom. The molecule has 3 atom stereocenters. The lowest BCUT2D eigenvalue weighted by molar-refractivity contribution is 0.0301. The van der Waals surface area contributed by atoms with Crippen molar-refractivity contribution in [2.45, 2.75) is 57.4 Å². The largest absolute Gasteiger partial charge is 0.389 e. The third kappa shape index (κ3) is 10.7. The van der Waals surface area contributed by atoms with Gasteiger partial charge in [0.2, 0.25) is 0 Å². The van der Waals surface area contributed by atoms with Gasteiger partial charge in [-0.3, -0.25) is 4.99 Å². The number of hydrogen-bond donors (Lipinski definition) is 3. The first kappa shape index (κ1) is 23.3. The van der Waals surface area contributed by atoms with Gasteiger partial charge in [0.05, 0.1) is 19.3 Å². The van der Waals surface area contributed by atoms with E-state index in [0.717, 1.165) is 17.8 Å². The maximum absolute atomic E-state index is 9.93. The predicted octanol–water partition coefficient (Wildman–Crippen LogP) is 2.48. The van der Waals surface area contributed by atoms with E-state index in [1.807, 2.05) is 11.8 Å². The van der Waals surface area contributed by atoms with Crippen LogP contribution in [0.15, 0.2) is 4.99 Å². The Balaban J connectivity index is 0.00000484. The Morgan fingerprint density at radius 3 is 2.65 bits per heavy atom. The van der Waals surface area contributed by atoms with Crippen molar-refractivity contribution in [3.8, 4) is 0 Å². The van der Waals surface area contributed by atoms with Gasteiger partial charge < -0.3 is 20.5 Å². The molecule has 1 aliphatic carbocycles. The second-order valence-electron chi connectivity index (χ2n) is 6.32. The van der Waals surface area contributed by atoms with Gasteiger partial charge in [0.15, 0.2) is 5.96 Å². The smallest absolute Gasteiger partial charge is 0.191 e. The van der Waals surface area contributed by atoms with E-state index in [1.54, 1.807) is 0 Å². The molecule has 7 heteroatoms. The number of ether oxygens (including phenoxy) is 1. The van der Waals surface area contributed by atoms with Crippen LogP contribution in [0.1, 0.15) is 40.0 Å². The molecule has 0 saturated heterocycles. The van der Waals surface area contributed by atoms with Gasteiger partial charge in [-0.05, 0) is 38.4 Å². The molecule has 0 radical (unpaired) electrons. The number of aliphatic hydroxyl groups is 1. The summed E-state index contributed by atoms with van der Waals surface area (Å²) in [6.07, 6.45) is 5.28. The summed E-state index contributed by atoms with van der Waals surface area (Å²) in [5, 5.41) is 17.4. The fourth-order valence-corrected chi connectivity index (χ4v) is 3.28. The van der Waals surface area contributed by atoms with Crippen LogP contribution >= 0.6 is 35.7 Å². The number of hydrogen-bond acceptors (Lipinski definition) is 4. The molecule has 1 fully saturated rings. The molecule has 0 aliphatic heterocycles. The first-order chi connectivity index (χ1) is 10.5. The molecule has 5 nitrogen and oxygen atoms in total. The maximum atomic E-state index is 9.93. The summed E-state index contributed by atoms with van der Waals surface area (Å²) < 4.78 is 5.45. The Kier molecular flexibility index (Phi) is 13.7. The van der Waals surface area contributed by atoms with Gasteiger partial charge >= 0.3 is 0 Å². The lowest BCUT2D eigenvalue weighted by Crippen LogP contribution is -2.43. The molecule has 0 aromatic carbocycles. The van der Waals surface area contributed by atoms with Gasteiger partial charge in [-0.15, -0.1) is 24.0 Å². The van der Waals surface area contributed by atoms with Crippen molar-refractivity contribution in [1.82, 2.24) is 10.6 Å². The number of thioether (sulfide) groups is 1. The molecule has 0 amide bonds. The highest BCUT2D eigenvalue weighted by Crippen LogP contribution is 2.27. The number of aliphatic hydroxyl groups excluding tert-OH is 1. The minimum absolute atomic E-state index is 0. The van der Waals surface area contributed by atoms with Crippen molar-refractivity contribution in [2.24, 2.45) is 10.9 Å². The Bertz CT molecular complexity index is 332. The van der Waals surface area contributed by atoms with E-state index in [-0.39, 0.29) is 24.0 Å². The second-order valence-corrected chi connectivity index (χ2v) is 7.45. The summed E-state index contributed by atoms with van der Waals surface area (Å²) in [7, 11) is 0. The van der Waals surface area contributed by atoms with Crippen LogP contribution in [0.5, 0.6) is 0 Å². The molecular formula is C16H34IN3O2S. The highest BCUT2D eigenvalue weighted by Gasteiger charge is 2.24. The molecular weight excluding hydrogens is 425 g/mol. The quantitative estimate of drug-likeness (QED) is 0.281. The number of nitrogens with one attached hydrogen (secondary N) is 2. The first-order valence-corrected chi connectivity index (χ1v) is 9.67. The van der Waals surface area contributed by atoms with Crippen molar-refractivity contribution in [3.05, 3.63) is 0 Å². The first-order valence-electron chi connectivity index (χ1n) is 8.38. The summed E-state index contributed by atoms with van der Waals surface area (Å²) in [6.45, 7) is 8.47. The van der Waals surface area contributed by atoms with E-state index < -0.39 is 6.10 Å². The predicted molar refractivity (Wildman–Crippen MR) is 111 cm³/mol. The van der Waals surface area contributed by atoms with E-state index >= 15 is 0 Å². The van der Waals surface area contributed by atoms with Crippen molar-refractivity contribution in [1.29, 1.82) is 0 Å². The summed E-state index contributed by atoms with van der Waals surface area (Å²) in [5.41, 5.74) is 0. The monoisotopic (exact) mass is 459 g/mol. The molecule has 0 heterocycles. The second kappa shape index (κ2) is 13.5. The van der Waals surface area contributed by atoms with Crippen LogP contribution in [0.3, 0.4) is 0 Å². The number of aliphatic imine (C=N–C) groups is 1. The average molecular weight is 459 g/mol. The van der Waals surface area contributed by atoms with Crippen LogP contribution in [0.2, 0.25) is 0 Å². The normalized spacial score (nSPS) is 22.8. The van der Waals surface area contributed by atoms with Crippen molar-refractivity contribution >= 4 is 41.7 Å². The summed E-state index contributed by atoms with van der Waals surface area (Å²) in [5.74, 6) is 1.29. The summed E-state index contributed by atoms with van der Waals surface area (Å²) >= 11 is 1.95. The number of nitrogens with zero attached hydrogens (tertiary/aromatic N) is 1. The van der Waals surface area contributed by atoms with Crippen LogP contribution in [-0.4, -0.2) is 61.0 Å². The van der Waals surface area contributed by atoms with Gasteiger partial charge in [0.25, 0.3) is 0 Å². The van der Waals surface area contributed by atoms with Crippen LogP contribution in [0.4, 0.5) is 0 Å². The molecule has 3 N–H and O–H groups in total.